The maximum atomic E-state index is 9.53. The molecule has 1 fully saturated rings. The number of fused-ring (bicyclic) bond motifs is 1. The van der Waals surface area contributed by atoms with Crippen LogP contribution in [0.15, 0.2) is 36.4 Å². The fourth-order valence-corrected chi connectivity index (χ4v) is 3.41. The number of rotatable bonds is 5. The fraction of sp³-hybridized carbons (Fsp3) is 0.444. The third-order valence-electron chi connectivity index (χ3n) is 4.49. The van der Waals surface area contributed by atoms with Gasteiger partial charge >= 0.3 is 0 Å². The molecule has 1 aliphatic heterocycles. The lowest BCUT2D eigenvalue weighted by Crippen LogP contribution is -2.45. The van der Waals surface area contributed by atoms with Crippen LogP contribution in [0, 0.1) is 0 Å². The Hall–Kier alpha value is -1.62. The summed E-state index contributed by atoms with van der Waals surface area (Å²) in [6.07, 6.45) is 0.760. The zero-order valence-electron chi connectivity index (χ0n) is 13.1. The van der Waals surface area contributed by atoms with Crippen LogP contribution in [0.1, 0.15) is 18.0 Å². The van der Waals surface area contributed by atoms with Gasteiger partial charge in [-0.1, -0.05) is 30.3 Å². The van der Waals surface area contributed by atoms with E-state index in [1.807, 2.05) is 12.1 Å². The highest BCUT2D eigenvalue weighted by molar-refractivity contribution is 5.91. The van der Waals surface area contributed by atoms with Crippen LogP contribution in [0.25, 0.3) is 10.8 Å². The SMILES string of the molecule is COc1ccc([C@@H](CCO)N2CCNCC2)c2ccccc12. The molecule has 1 atom stereocenters. The Balaban J connectivity index is 2.05. The number of ether oxygens (including phenoxy) is 1. The Bertz CT molecular complexity index is 624. The predicted octanol–water partition coefficient (Wildman–Crippen LogP) is 2.18. The van der Waals surface area contributed by atoms with E-state index in [1.165, 1.54) is 10.9 Å². The van der Waals surface area contributed by atoms with Crippen molar-refractivity contribution in [2.24, 2.45) is 0 Å². The molecule has 1 heterocycles. The number of piperazine rings is 1. The van der Waals surface area contributed by atoms with Gasteiger partial charge < -0.3 is 15.2 Å². The lowest BCUT2D eigenvalue weighted by atomic mass is 9.94. The van der Waals surface area contributed by atoms with Crippen LogP contribution < -0.4 is 10.1 Å². The van der Waals surface area contributed by atoms with Gasteiger partial charge in [0.2, 0.25) is 0 Å². The van der Waals surface area contributed by atoms with Gasteiger partial charge in [-0.2, -0.15) is 0 Å². The topological polar surface area (TPSA) is 44.7 Å². The molecule has 2 N–H and O–H groups in total. The first-order chi connectivity index (χ1) is 10.8. The van der Waals surface area contributed by atoms with Crippen LogP contribution in [0.3, 0.4) is 0 Å². The van der Waals surface area contributed by atoms with E-state index in [0.29, 0.717) is 0 Å². The molecule has 0 saturated carbocycles. The molecule has 0 aromatic heterocycles. The number of benzene rings is 2. The van der Waals surface area contributed by atoms with Crippen molar-refractivity contribution in [2.45, 2.75) is 12.5 Å². The zero-order chi connectivity index (χ0) is 15.4. The molecular formula is C18H24N2O2. The van der Waals surface area contributed by atoms with Crippen molar-refractivity contribution in [1.82, 2.24) is 10.2 Å². The van der Waals surface area contributed by atoms with E-state index in [9.17, 15) is 5.11 Å². The Morgan fingerprint density at radius 1 is 1.14 bits per heavy atom. The highest BCUT2D eigenvalue weighted by atomic mass is 16.5. The van der Waals surface area contributed by atoms with Crippen LogP contribution in [0.2, 0.25) is 0 Å². The van der Waals surface area contributed by atoms with E-state index in [0.717, 1.165) is 43.7 Å². The van der Waals surface area contributed by atoms with Crippen molar-refractivity contribution in [1.29, 1.82) is 0 Å². The number of aliphatic hydroxyl groups excluding tert-OH is 1. The Kier molecular flexibility index (Phi) is 4.93. The summed E-state index contributed by atoms with van der Waals surface area (Å²) in [5, 5.41) is 15.3. The van der Waals surface area contributed by atoms with Gasteiger partial charge in [-0.25, -0.2) is 0 Å². The average molecular weight is 300 g/mol. The summed E-state index contributed by atoms with van der Waals surface area (Å²) in [7, 11) is 1.71. The van der Waals surface area contributed by atoms with Gasteiger partial charge in [-0.05, 0) is 23.4 Å². The van der Waals surface area contributed by atoms with Crippen LogP contribution in [-0.4, -0.2) is 49.9 Å². The molecule has 2 aromatic carbocycles. The second-order valence-electron chi connectivity index (χ2n) is 5.72. The molecule has 4 heteroatoms. The van der Waals surface area contributed by atoms with Crippen LogP contribution in [0.4, 0.5) is 0 Å². The molecule has 3 rings (SSSR count). The van der Waals surface area contributed by atoms with E-state index >= 15 is 0 Å². The predicted molar refractivity (Wildman–Crippen MR) is 89.4 cm³/mol. The number of methoxy groups -OCH3 is 1. The minimum Gasteiger partial charge on any atom is -0.496 e. The zero-order valence-corrected chi connectivity index (χ0v) is 13.1. The van der Waals surface area contributed by atoms with Crippen molar-refractivity contribution < 1.29 is 9.84 Å². The van der Waals surface area contributed by atoms with Gasteiger partial charge in [0.1, 0.15) is 5.75 Å². The van der Waals surface area contributed by atoms with Gasteiger partial charge in [-0.3, -0.25) is 4.90 Å². The van der Waals surface area contributed by atoms with Crippen molar-refractivity contribution >= 4 is 10.8 Å². The second-order valence-corrected chi connectivity index (χ2v) is 5.72. The summed E-state index contributed by atoms with van der Waals surface area (Å²) >= 11 is 0. The van der Waals surface area contributed by atoms with Gasteiger partial charge in [0.05, 0.1) is 7.11 Å². The number of hydrogen-bond acceptors (Lipinski definition) is 4. The van der Waals surface area contributed by atoms with Crippen LogP contribution in [-0.2, 0) is 0 Å². The molecule has 0 spiro atoms. The largest absolute Gasteiger partial charge is 0.496 e. The van der Waals surface area contributed by atoms with Crippen molar-refractivity contribution in [2.75, 3.05) is 39.9 Å². The van der Waals surface area contributed by atoms with E-state index in [-0.39, 0.29) is 12.6 Å². The molecule has 0 amide bonds. The van der Waals surface area contributed by atoms with E-state index < -0.39 is 0 Å². The first-order valence-electron chi connectivity index (χ1n) is 7.96. The minimum absolute atomic E-state index is 0.203. The third kappa shape index (κ3) is 2.95. The quantitative estimate of drug-likeness (QED) is 0.888. The smallest absolute Gasteiger partial charge is 0.126 e. The molecule has 0 unspecified atom stereocenters. The summed E-state index contributed by atoms with van der Waals surface area (Å²) in [5.74, 6) is 0.905. The van der Waals surface area contributed by atoms with Crippen LogP contribution in [0.5, 0.6) is 5.75 Å². The highest BCUT2D eigenvalue weighted by Gasteiger charge is 2.23. The number of aliphatic hydroxyl groups is 1. The summed E-state index contributed by atoms with van der Waals surface area (Å²) in [6, 6.07) is 12.8. The highest BCUT2D eigenvalue weighted by Crippen LogP contribution is 2.35. The molecule has 0 aliphatic carbocycles. The normalized spacial score (nSPS) is 17.5. The van der Waals surface area contributed by atoms with Gasteiger partial charge in [-0.15, -0.1) is 0 Å². The van der Waals surface area contributed by atoms with Gasteiger partial charge in [0.15, 0.2) is 0 Å². The molecule has 22 heavy (non-hydrogen) atoms. The maximum Gasteiger partial charge on any atom is 0.126 e. The Morgan fingerprint density at radius 2 is 1.86 bits per heavy atom. The standard InChI is InChI=1S/C18H24N2O2/c1-22-18-7-6-15(14-4-2-3-5-16(14)18)17(8-13-21)20-11-9-19-10-12-20/h2-7,17,19,21H,8-13H2,1H3/t17-/m1/s1. The maximum absolute atomic E-state index is 9.53. The van der Waals surface area contributed by atoms with Crippen LogP contribution >= 0.6 is 0 Å². The third-order valence-corrected chi connectivity index (χ3v) is 4.49. The van der Waals surface area contributed by atoms with E-state index in [2.05, 4.69) is 34.5 Å². The average Bonchev–Trinajstić information content (AvgIpc) is 2.60. The first-order valence-corrected chi connectivity index (χ1v) is 7.96. The minimum atomic E-state index is 0.203. The van der Waals surface area contributed by atoms with Gasteiger partial charge in [0.25, 0.3) is 0 Å². The number of hydrogen-bond donors (Lipinski definition) is 2. The molecule has 4 nitrogen and oxygen atoms in total. The van der Waals surface area contributed by atoms with Crippen molar-refractivity contribution in [3.63, 3.8) is 0 Å². The monoisotopic (exact) mass is 300 g/mol. The Morgan fingerprint density at radius 3 is 2.55 bits per heavy atom. The summed E-state index contributed by atoms with van der Waals surface area (Å²) in [4.78, 5) is 2.47. The molecule has 0 bridgehead atoms. The van der Waals surface area contributed by atoms with Gasteiger partial charge in [0, 0.05) is 44.2 Å². The molecule has 2 aromatic rings. The number of nitrogens with zero attached hydrogens (tertiary/aromatic N) is 1. The fourth-order valence-electron chi connectivity index (χ4n) is 3.41. The van der Waals surface area contributed by atoms with Crippen molar-refractivity contribution in [3.05, 3.63) is 42.0 Å². The van der Waals surface area contributed by atoms with Crippen molar-refractivity contribution in [3.8, 4) is 5.75 Å². The first kappa shape index (κ1) is 15.3. The lowest BCUT2D eigenvalue weighted by molar-refractivity contribution is 0.142. The van der Waals surface area contributed by atoms with E-state index in [1.54, 1.807) is 7.11 Å². The summed E-state index contributed by atoms with van der Waals surface area (Å²) < 4.78 is 5.49. The lowest BCUT2D eigenvalue weighted by Gasteiger charge is -2.35. The summed E-state index contributed by atoms with van der Waals surface area (Å²) in [5.41, 5.74) is 1.28. The van der Waals surface area contributed by atoms with E-state index in [4.69, 9.17) is 4.74 Å². The molecule has 118 valence electrons. The Labute approximate surface area is 131 Å². The second kappa shape index (κ2) is 7.09. The summed E-state index contributed by atoms with van der Waals surface area (Å²) in [6.45, 7) is 4.26. The number of nitrogens with one attached hydrogen (secondary N) is 1. The molecular weight excluding hydrogens is 276 g/mol. The molecule has 1 aliphatic rings. The molecule has 0 radical (unpaired) electrons. The molecule has 1 saturated heterocycles.